The van der Waals surface area contributed by atoms with Gasteiger partial charge in [-0.25, -0.2) is 8.42 Å². The number of benzene rings is 2. The number of piperazine rings is 1. The van der Waals surface area contributed by atoms with Crippen LogP contribution in [0.25, 0.3) is 0 Å². The SMILES string of the molecule is C1CS1.O=[N+]([O-])c1ccc(S(=O)(=O)N2CCN(c3ccccc3Br)CC2)cc1. The summed E-state index contributed by atoms with van der Waals surface area (Å²) in [5.41, 5.74) is 0.910. The van der Waals surface area contributed by atoms with E-state index in [2.05, 4.69) is 20.8 Å². The minimum atomic E-state index is -3.65. The molecule has 2 aromatic rings. The lowest BCUT2D eigenvalue weighted by atomic mass is 10.2. The number of halogens is 1. The van der Waals surface area contributed by atoms with Crippen LogP contribution < -0.4 is 4.90 Å². The predicted octanol–water partition coefficient (Wildman–Crippen LogP) is 3.60. The summed E-state index contributed by atoms with van der Waals surface area (Å²) >= 11 is 5.51. The van der Waals surface area contributed by atoms with Crippen LogP contribution in [0.2, 0.25) is 0 Å². The van der Waals surface area contributed by atoms with Gasteiger partial charge in [0.25, 0.3) is 5.69 Å². The van der Waals surface area contributed by atoms with Crippen LogP contribution in [0, 0.1) is 10.1 Å². The number of non-ortho nitro benzene ring substituents is 1. The highest BCUT2D eigenvalue weighted by Gasteiger charge is 2.29. The van der Waals surface area contributed by atoms with Crippen molar-refractivity contribution in [1.29, 1.82) is 0 Å². The zero-order chi connectivity index (χ0) is 20.1. The third-order valence-corrected chi connectivity index (χ3v) is 7.31. The van der Waals surface area contributed by atoms with Gasteiger partial charge in [-0.3, -0.25) is 10.1 Å². The Morgan fingerprint density at radius 3 is 2.04 bits per heavy atom. The van der Waals surface area contributed by atoms with Gasteiger partial charge in [-0.1, -0.05) is 12.1 Å². The molecule has 0 N–H and O–H groups in total. The lowest BCUT2D eigenvalue weighted by Gasteiger charge is -2.35. The van der Waals surface area contributed by atoms with Crippen molar-refractivity contribution in [2.24, 2.45) is 0 Å². The molecule has 2 aliphatic rings. The summed E-state index contributed by atoms with van der Waals surface area (Å²) in [6.45, 7) is 1.88. The van der Waals surface area contributed by atoms with Crippen molar-refractivity contribution in [1.82, 2.24) is 4.31 Å². The summed E-state index contributed by atoms with van der Waals surface area (Å²) in [6.07, 6.45) is 0. The molecule has 2 aromatic carbocycles. The number of para-hydroxylation sites is 1. The summed E-state index contributed by atoms with van der Waals surface area (Å²) in [7, 11) is -3.65. The van der Waals surface area contributed by atoms with E-state index in [0.29, 0.717) is 26.2 Å². The molecule has 2 saturated heterocycles. The van der Waals surface area contributed by atoms with E-state index in [-0.39, 0.29) is 10.6 Å². The van der Waals surface area contributed by atoms with E-state index in [1.165, 1.54) is 40.1 Å². The molecule has 0 amide bonds. The summed E-state index contributed by atoms with van der Waals surface area (Å²) in [6, 6.07) is 12.8. The third-order valence-electron chi connectivity index (χ3n) is 4.32. The lowest BCUT2D eigenvalue weighted by Crippen LogP contribution is -2.48. The molecule has 2 heterocycles. The first kappa shape index (κ1) is 21.1. The molecule has 150 valence electrons. The van der Waals surface area contributed by atoms with Gasteiger partial charge in [-0.2, -0.15) is 16.1 Å². The molecule has 2 fully saturated rings. The molecular weight excluding hydrogens is 466 g/mol. The van der Waals surface area contributed by atoms with Crippen LogP contribution in [-0.4, -0.2) is 55.3 Å². The van der Waals surface area contributed by atoms with Gasteiger partial charge in [0.05, 0.1) is 15.5 Å². The quantitative estimate of drug-likeness (QED) is 0.373. The fraction of sp³-hybridized carbons (Fsp3) is 0.333. The normalized spacial score (nSPS) is 16.8. The van der Waals surface area contributed by atoms with Crippen LogP contribution in [0.3, 0.4) is 0 Å². The zero-order valence-electron chi connectivity index (χ0n) is 15.0. The van der Waals surface area contributed by atoms with Crippen molar-refractivity contribution < 1.29 is 13.3 Å². The first-order valence-electron chi connectivity index (χ1n) is 8.71. The van der Waals surface area contributed by atoms with E-state index in [9.17, 15) is 18.5 Å². The first-order valence-corrected chi connectivity index (χ1v) is 12.1. The fourth-order valence-corrected chi connectivity index (χ4v) is 4.72. The predicted molar refractivity (Wildman–Crippen MR) is 116 cm³/mol. The van der Waals surface area contributed by atoms with E-state index in [1.807, 2.05) is 36.0 Å². The molecule has 0 saturated carbocycles. The maximum Gasteiger partial charge on any atom is 0.269 e. The molecule has 0 radical (unpaired) electrons. The number of anilines is 1. The summed E-state index contributed by atoms with van der Waals surface area (Å²) < 4.78 is 27.8. The van der Waals surface area contributed by atoms with Gasteiger partial charge in [0.1, 0.15) is 0 Å². The average Bonchev–Trinajstić information content (AvgIpc) is 3.58. The Bertz CT molecular complexity index is 925. The second-order valence-electron chi connectivity index (χ2n) is 6.21. The highest BCUT2D eigenvalue weighted by atomic mass is 79.9. The zero-order valence-corrected chi connectivity index (χ0v) is 18.2. The highest BCUT2D eigenvalue weighted by molar-refractivity contribution is 9.10. The maximum atomic E-state index is 12.7. The smallest absolute Gasteiger partial charge is 0.269 e. The molecule has 28 heavy (non-hydrogen) atoms. The van der Waals surface area contributed by atoms with Crippen molar-refractivity contribution in [3.05, 3.63) is 63.1 Å². The van der Waals surface area contributed by atoms with Crippen LogP contribution in [0.4, 0.5) is 11.4 Å². The van der Waals surface area contributed by atoms with Crippen LogP contribution in [-0.2, 0) is 10.0 Å². The fourth-order valence-electron chi connectivity index (χ4n) is 2.77. The summed E-state index contributed by atoms with van der Waals surface area (Å²) in [5, 5.41) is 10.7. The van der Waals surface area contributed by atoms with Gasteiger partial charge in [-0.05, 0) is 40.2 Å². The number of hydrogen-bond donors (Lipinski definition) is 0. The third kappa shape index (κ3) is 5.25. The van der Waals surface area contributed by atoms with Gasteiger partial charge in [-0.15, -0.1) is 0 Å². The number of nitro benzene ring substituents is 1. The van der Waals surface area contributed by atoms with Crippen LogP contribution in [0.1, 0.15) is 0 Å². The van der Waals surface area contributed by atoms with E-state index in [1.54, 1.807) is 0 Å². The largest absolute Gasteiger partial charge is 0.368 e. The molecule has 4 rings (SSSR count). The molecule has 0 aromatic heterocycles. The van der Waals surface area contributed by atoms with E-state index < -0.39 is 14.9 Å². The second-order valence-corrected chi connectivity index (χ2v) is 10.2. The van der Waals surface area contributed by atoms with E-state index >= 15 is 0 Å². The average molecular weight is 486 g/mol. The minimum Gasteiger partial charge on any atom is -0.368 e. The van der Waals surface area contributed by atoms with Crippen molar-refractivity contribution >= 4 is 49.1 Å². The van der Waals surface area contributed by atoms with Crippen molar-refractivity contribution in [3.8, 4) is 0 Å². The Hall–Kier alpha value is -1.62. The van der Waals surface area contributed by atoms with Gasteiger partial charge >= 0.3 is 0 Å². The molecule has 2 aliphatic heterocycles. The standard InChI is InChI=1S/C16H16BrN3O4S.C2H4S/c17-15-3-1-2-4-16(15)18-9-11-19(12-10-18)25(23,24)14-7-5-13(6-8-14)20(21)22;1-2-3-1/h1-8H,9-12H2;1-2H2. The van der Waals surface area contributed by atoms with Crippen LogP contribution >= 0.6 is 27.7 Å². The Kier molecular flexibility index (Phi) is 6.97. The van der Waals surface area contributed by atoms with Gasteiger partial charge in [0.2, 0.25) is 10.0 Å². The molecule has 0 atom stereocenters. The maximum absolute atomic E-state index is 12.7. The van der Waals surface area contributed by atoms with Crippen LogP contribution in [0.15, 0.2) is 57.9 Å². The molecule has 0 spiro atoms. The van der Waals surface area contributed by atoms with Crippen molar-refractivity contribution in [2.75, 3.05) is 42.6 Å². The molecule has 0 bridgehead atoms. The minimum absolute atomic E-state index is 0.0763. The molecule has 7 nitrogen and oxygen atoms in total. The topological polar surface area (TPSA) is 83.8 Å². The number of thioether (sulfide) groups is 1. The highest BCUT2D eigenvalue weighted by Crippen LogP contribution is 2.28. The van der Waals surface area contributed by atoms with E-state index in [4.69, 9.17) is 0 Å². The number of rotatable bonds is 4. The molecule has 10 heteroatoms. The first-order chi connectivity index (χ1) is 13.4. The number of sulfonamides is 1. The number of nitrogens with zero attached hydrogens (tertiary/aromatic N) is 3. The van der Waals surface area contributed by atoms with Crippen molar-refractivity contribution in [3.63, 3.8) is 0 Å². The van der Waals surface area contributed by atoms with Gasteiger partial charge in [0.15, 0.2) is 0 Å². The number of hydrogen-bond acceptors (Lipinski definition) is 6. The Labute approximate surface area is 177 Å². The van der Waals surface area contributed by atoms with Gasteiger partial charge in [0, 0.05) is 54.3 Å². The molecular formula is C18H20BrN3O4S2. The number of nitro groups is 1. The Morgan fingerprint density at radius 2 is 1.54 bits per heavy atom. The monoisotopic (exact) mass is 485 g/mol. The van der Waals surface area contributed by atoms with Crippen LogP contribution in [0.5, 0.6) is 0 Å². The Balaban J connectivity index is 0.000000684. The van der Waals surface area contributed by atoms with E-state index in [0.717, 1.165) is 10.2 Å². The van der Waals surface area contributed by atoms with Crippen molar-refractivity contribution in [2.45, 2.75) is 4.90 Å². The molecule has 0 aliphatic carbocycles. The lowest BCUT2D eigenvalue weighted by molar-refractivity contribution is -0.384. The Morgan fingerprint density at radius 1 is 0.964 bits per heavy atom. The summed E-state index contributed by atoms with van der Waals surface area (Å²) in [5.74, 6) is 2.83. The second kappa shape index (κ2) is 9.25. The van der Waals surface area contributed by atoms with Gasteiger partial charge < -0.3 is 4.90 Å². The molecule has 0 unspecified atom stereocenters. The summed E-state index contributed by atoms with van der Waals surface area (Å²) in [4.78, 5) is 12.4.